The fourth-order valence-electron chi connectivity index (χ4n) is 2.95. The monoisotopic (exact) mass is 379 g/mol. The van der Waals surface area contributed by atoms with E-state index in [0.717, 1.165) is 11.0 Å². The zero-order valence-electron chi connectivity index (χ0n) is 15.4. The Morgan fingerprint density at radius 1 is 1.11 bits per heavy atom. The quantitative estimate of drug-likeness (QED) is 0.550. The van der Waals surface area contributed by atoms with E-state index in [-0.39, 0.29) is 22.6 Å². The maximum atomic E-state index is 12.6. The average molecular weight is 379 g/mol. The lowest BCUT2D eigenvalue weighted by Crippen LogP contribution is -2.29. The highest BCUT2D eigenvalue weighted by Crippen LogP contribution is 2.19. The molecule has 0 unspecified atom stereocenters. The zero-order chi connectivity index (χ0) is 20.0. The molecule has 10 heteroatoms. The Bertz CT molecular complexity index is 1350. The maximum Gasteiger partial charge on any atom is 0.329 e. The van der Waals surface area contributed by atoms with E-state index in [4.69, 9.17) is 0 Å². The standard InChI is InChI=1S/C18H17N7O3/c1-9(2)25-14-10(7-21-25)4-12(8-20-14)22-16(26)11-5-13-15(19-6-11)24(3)18(28)23-17(13)27/h4-9H,1-3H3,(H,22,26)(H,23,27,28). The highest BCUT2D eigenvalue weighted by atomic mass is 16.2. The number of aromatic nitrogens is 6. The molecule has 0 atom stereocenters. The van der Waals surface area contributed by atoms with Gasteiger partial charge in [0.15, 0.2) is 5.65 Å². The van der Waals surface area contributed by atoms with Gasteiger partial charge in [0.1, 0.15) is 5.65 Å². The average Bonchev–Trinajstić information content (AvgIpc) is 3.09. The number of pyridine rings is 2. The number of carbonyl (C=O) groups excluding carboxylic acids is 1. The molecule has 0 saturated heterocycles. The molecule has 10 nitrogen and oxygen atoms in total. The minimum Gasteiger partial charge on any atom is -0.321 e. The van der Waals surface area contributed by atoms with Crippen LogP contribution in [0.5, 0.6) is 0 Å². The number of amides is 1. The lowest BCUT2D eigenvalue weighted by Gasteiger charge is -2.08. The Morgan fingerprint density at radius 3 is 2.61 bits per heavy atom. The van der Waals surface area contributed by atoms with Crippen molar-refractivity contribution >= 4 is 33.7 Å². The summed E-state index contributed by atoms with van der Waals surface area (Å²) < 4.78 is 3.01. The van der Waals surface area contributed by atoms with E-state index in [2.05, 4.69) is 25.4 Å². The molecule has 0 fully saturated rings. The minimum absolute atomic E-state index is 0.154. The van der Waals surface area contributed by atoms with E-state index >= 15 is 0 Å². The molecular formula is C18H17N7O3. The second-order valence-electron chi connectivity index (χ2n) is 6.69. The number of aromatic amines is 1. The van der Waals surface area contributed by atoms with Crippen LogP contribution in [0.1, 0.15) is 30.2 Å². The zero-order valence-corrected chi connectivity index (χ0v) is 15.4. The first-order chi connectivity index (χ1) is 13.3. The van der Waals surface area contributed by atoms with Crippen molar-refractivity contribution in [1.29, 1.82) is 0 Å². The Hall–Kier alpha value is -3.82. The van der Waals surface area contributed by atoms with Gasteiger partial charge < -0.3 is 5.32 Å². The van der Waals surface area contributed by atoms with Crippen molar-refractivity contribution in [2.45, 2.75) is 19.9 Å². The van der Waals surface area contributed by atoms with Gasteiger partial charge >= 0.3 is 5.69 Å². The largest absolute Gasteiger partial charge is 0.329 e. The van der Waals surface area contributed by atoms with Gasteiger partial charge in [0.25, 0.3) is 11.5 Å². The molecule has 142 valence electrons. The van der Waals surface area contributed by atoms with Crippen LogP contribution in [0.3, 0.4) is 0 Å². The molecule has 0 aromatic carbocycles. The molecule has 0 aliphatic rings. The second-order valence-corrected chi connectivity index (χ2v) is 6.69. The molecule has 4 aromatic heterocycles. The minimum atomic E-state index is -0.593. The molecule has 4 heterocycles. The fraction of sp³-hybridized carbons (Fsp3) is 0.222. The summed E-state index contributed by atoms with van der Waals surface area (Å²) in [5, 5.41) is 7.99. The highest BCUT2D eigenvalue weighted by Gasteiger charge is 2.13. The number of anilines is 1. The summed E-state index contributed by atoms with van der Waals surface area (Å²) >= 11 is 0. The number of nitrogens with one attached hydrogen (secondary N) is 2. The molecule has 0 spiro atoms. The van der Waals surface area contributed by atoms with E-state index in [1.807, 2.05) is 13.8 Å². The third-order valence-corrected chi connectivity index (χ3v) is 4.40. The van der Waals surface area contributed by atoms with Crippen LogP contribution in [0.15, 0.2) is 40.3 Å². The smallest absolute Gasteiger partial charge is 0.321 e. The molecule has 0 bridgehead atoms. The number of hydrogen-bond donors (Lipinski definition) is 2. The molecular weight excluding hydrogens is 362 g/mol. The highest BCUT2D eigenvalue weighted by molar-refractivity contribution is 6.06. The molecule has 2 N–H and O–H groups in total. The lowest BCUT2D eigenvalue weighted by molar-refractivity contribution is 0.102. The Kier molecular flexibility index (Phi) is 4.03. The summed E-state index contributed by atoms with van der Waals surface area (Å²) in [6.07, 6.45) is 4.56. The van der Waals surface area contributed by atoms with Gasteiger partial charge in [-0.1, -0.05) is 0 Å². The van der Waals surface area contributed by atoms with Crippen LogP contribution < -0.4 is 16.6 Å². The molecule has 0 aliphatic heterocycles. The lowest BCUT2D eigenvalue weighted by atomic mass is 10.2. The molecule has 28 heavy (non-hydrogen) atoms. The first-order valence-corrected chi connectivity index (χ1v) is 8.59. The number of rotatable bonds is 3. The molecule has 0 saturated carbocycles. The van der Waals surface area contributed by atoms with E-state index < -0.39 is 17.2 Å². The van der Waals surface area contributed by atoms with Crippen LogP contribution in [0.2, 0.25) is 0 Å². The van der Waals surface area contributed by atoms with E-state index in [1.165, 1.54) is 23.9 Å². The summed E-state index contributed by atoms with van der Waals surface area (Å²) in [6.45, 7) is 4.02. The van der Waals surface area contributed by atoms with Crippen molar-refractivity contribution < 1.29 is 4.79 Å². The third-order valence-electron chi connectivity index (χ3n) is 4.40. The van der Waals surface area contributed by atoms with E-state index in [1.54, 1.807) is 23.1 Å². The number of carbonyl (C=O) groups is 1. The van der Waals surface area contributed by atoms with Crippen molar-refractivity contribution in [3.8, 4) is 0 Å². The van der Waals surface area contributed by atoms with Crippen molar-refractivity contribution in [2.75, 3.05) is 5.32 Å². The number of hydrogen-bond acceptors (Lipinski definition) is 6. The molecule has 4 aromatic rings. The van der Waals surface area contributed by atoms with Crippen LogP contribution in [0.4, 0.5) is 5.69 Å². The predicted octanol–water partition coefficient (Wildman–Crippen LogP) is 1.20. The second kappa shape index (κ2) is 6.41. The van der Waals surface area contributed by atoms with Gasteiger partial charge in [-0.05, 0) is 26.0 Å². The molecule has 1 amide bonds. The van der Waals surface area contributed by atoms with E-state index in [0.29, 0.717) is 5.69 Å². The first-order valence-electron chi connectivity index (χ1n) is 8.59. The Morgan fingerprint density at radius 2 is 1.86 bits per heavy atom. The summed E-state index contributed by atoms with van der Waals surface area (Å²) in [6, 6.07) is 3.35. The van der Waals surface area contributed by atoms with Crippen LogP contribution in [0, 0.1) is 0 Å². The van der Waals surface area contributed by atoms with Crippen LogP contribution >= 0.6 is 0 Å². The molecule has 4 rings (SSSR count). The van der Waals surface area contributed by atoms with Crippen molar-refractivity contribution in [2.24, 2.45) is 7.05 Å². The van der Waals surface area contributed by atoms with Gasteiger partial charge in [0.05, 0.1) is 29.0 Å². The summed E-state index contributed by atoms with van der Waals surface area (Å²) in [5.74, 6) is -0.444. The third kappa shape index (κ3) is 2.84. The SMILES string of the molecule is CC(C)n1ncc2cc(NC(=O)c3cnc4c(c3)c(=O)[nH]c(=O)n4C)cnc21. The molecule has 0 aliphatic carbocycles. The van der Waals surface area contributed by atoms with Crippen molar-refractivity contribution in [3.63, 3.8) is 0 Å². The van der Waals surface area contributed by atoms with E-state index in [9.17, 15) is 14.4 Å². The van der Waals surface area contributed by atoms with Gasteiger partial charge in [0.2, 0.25) is 0 Å². The maximum absolute atomic E-state index is 12.6. The molecule has 0 radical (unpaired) electrons. The van der Waals surface area contributed by atoms with Gasteiger partial charge in [0, 0.05) is 24.7 Å². The van der Waals surface area contributed by atoms with Gasteiger partial charge in [-0.15, -0.1) is 0 Å². The number of fused-ring (bicyclic) bond motifs is 2. The number of aryl methyl sites for hydroxylation is 1. The van der Waals surface area contributed by atoms with Crippen molar-refractivity contribution in [3.05, 3.63) is 57.1 Å². The first kappa shape index (κ1) is 17.6. The van der Waals surface area contributed by atoms with Gasteiger partial charge in [-0.25, -0.2) is 19.4 Å². The van der Waals surface area contributed by atoms with Crippen LogP contribution in [0.25, 0.3) is 22.1 Å². The summed E-state index contributed by atoms with van der Waals surface area (Å²) in [5.41, 5.74) is 0.458. The Labute approximate surface area is 157 Å². The normalized spacial score (nSPS) is 11.4. The van der Waals surface area contributed by atoms with Crippen LogP contribution in [-0.4, -0.2) is 35.2 Å². The van der Waals surface area contributed by atoms with Gasteiger partial charge in [-0.3, -0.25) is 19.1 Å². The topological polar surface area (TPSA) is 128 Å². The fourth-order valence-corrected chi connectivity index (χ4v) is 2.95. The van der Waals surface area contributed by atoms with Crippen LogP contribution in [-0.2, 0) is 7.05 Å². The predicted molar refractivity (Wildman–Crippen MR) is 103 cm³/mol. The Balaban J connectivity index is 1.67. The van der Waals surface area contributed by atoms with Crippen molar-refractivity contribution in [1.82, 2.24) is 29.3 Å². The number of H-pyrrole nitrogens is 1. The summed E-state index contributed by atoms with van der Waals surface area (Å²) in [4.78, 5) is 46.9. The number of nitrogens with zero attached hydrogens (tertiary/aromatic N) is 5. The van der Waals surface area contributed by atoms with Gasteiger partial charge in [-0.2, -0.15) is 5.10 Å². The summed E-state index contributed by atoms with van der Waals surface area (Å²) in [7, 11) is 1.49.